The molecule has 8 heteroatoms. The number of nitrogens with zero attached hydrogens (tertiary/aromatic N) is 1. The van der Waals surface area contributed by atoms with Crippen LogP contribution in [-0.2, 0) is 9.53 Å². The molecule has 1 amide bonds. The Morgan fingerprint density at radius 3 is 2.84 bits per heavy atom. The van der Waals surface area contributed by atoms with E-state index in [1.807, 2.05) is 0 Å². The third-order valence-corrected chi connectivity index (χ3v) is 2.88. The number of nitro groups is 1. The van der Waals surface area contributed by atoms with Gasteiger partial charge in [-0.2, -0.15) is 0 Å². The standard InChI is InChI=1S/C11H9ClN2O5/c12-6-1-2-9(14(17)18)7(5-6)10(15)13-8-3-4-19-11(8)16/h1-2,5,8H,3-4H2,(H,13,15). The van der Waals surface area contributed by atoms with Crippen molar-refractivity contribution in [2.24, 2.45) is 0 Å². The quantitative estimate of drug-likeness (QED) is 0.512. The second kappa shape index (κ2) is 5.23. The van der Waals surface area contributed by atoms with Gasteiger partial charge in [-0.05, 0) is 12.1 Å². The smallest absolute Gasteiger partial charge is 0.328 e. The molecule has 0 aliphatic carbocycles. The summed E-state index contributed by atoms with van der Waals surface area (Å²) < 4.78 is 4.69. The van der Waals surface area contributed by atoms with Crippen molar-refractivity contribution in [3.05, 3.63) is 38.9 Å². The zero-order valence-electron chi connectivity index (χ0n) is 9.59. The number of cyclic esters (lactones) is 1. The van der Waals surface area contributed by atoms with Crippen LogP contribution in [0.3, 0.4) is 0 Å². The molecule has 7 nitrogen and oxygen atoms in total. The van der Waals surface area contributed by atoms with E-state index in [1.165, 1.54) is 12.1 Å². The van der Waals surface area contributed by atoms with E-state index in [1.54, 1.807) is 0 Å². The molecule has 2 rings (SSSR count). The Labute approximate surface area is 112 Å². The van der Waals surface area contributed by atoms with E-state index < -0.39 is 22.8 Å². The fraction of sp³-hybridized carbons (Fsp3) is 0.273. The van der Waals surface area contributed by atoms with Gasteiger partial charge in [0, 0.05) is 17.5 Å². The van der Waals surface area contributed by atoms with Crippen LogP contribution in [0.25, 0.3) is 0 Å². The summed E-state index contributed by atoms with van der Waals surface area (Å²) in [5.74, 6) is -1.27. The fourth-order valence-corrected chi connectivity index (χ4v) is 1.88. The highest BCUT2D eigenvalue weighted by Crippen LogP contribution is 2.23. The molecule has 1 N–H and O–H groups in total. The number of rotatable bonds is 3. The lowest BCUT2D eigenvalue weighted by molar-refractivity contribution is -0.385. The summed E-state index contributed by atoms with van der Waals surface area (Å²) in [5, 5.41) is 13.4. The molecule has 1 unspecified atom stereocenters. The Hall–Kier alpha value is -2.15. The van der Waals surface area contributed by atoms with E-state index in [0.717, 1.165) is 6.07 Å². The molecule has 1 aliphatic rings. The van der Waals surface area contributed by atoms with Gasteiger partial charge < -0.3 is 10.1 Å². The highest BCUT2D eigenvalue weighted by atomic mass is 35.5. The van der Waals surface area contributed by atoms with E-state index in [4.69, 9.17) is 16.3 Å². The van der Waals surface area contributed by atoms with Gasteiger partial charge in [-0.25, -0.2) is 4.79 Å². The topological polar surface area (TPSA) is 98.5 Å². The van der Waals surface area contributed by atoms with Gasteiger partial charge in [-0.1, -0.05) is 11.6 Å². The van der Waals surface area contributed by atoms with Gasteiger partial charge in [-0.3, -0.25) is 14.9 Å². The van der Waals surface area contributed by atoms with Gasteiger partial charge in [-0.15, -0.1) is 0 Å². The number of nitrogens with one attached hydrogen (secondary N) is 1. The fourth-order valence-electron chi connectivity index (χ4n) is 1.71. The van der Waals surface area contributed by atoms with Crippen molar-refractivity contribution in [1.29, 1.82) is 0 Å². The van der Waals surface area contributed by atoms with Gasteiger partial charge in [0.25, 0.3) is 11.6 Å². The summed E-state index contributed by atoms with van der Waals surface area (Å²) in [6.45, 7) is 0.224. The maximum absolute atomic E-state index is 11.9. The number of hydrogen-bond acceptors (Lipinski definition) is 5. The maximum atomic E-state index is 11.9. The summed E-state index contributed by atoms with van der Waals surface area (Å²) >= 11 is 5.72. The monoisotopic (exact) mass is 284 g/mol. The highest BCUT2D eigenvalue weighted by molar-refractivity contribution is 6.31. The number of esters is 1. The molecule has 0 aromatic heterocycles. The average Bonchev–Trinajstić information content (AvgIpc) is 2.74. The van der Waals surface area contributed by atoms with Crippen molar-refractivity contribution in [2.45, 2.75) is 12.5 Å². The first kappa shape index (κ1) is 13.3. The minimum Gasteiger partial charge on any atom is -0.464 e. The number of hydrogen-bond donors (Lipinski definition) is 1. The number of ether oxygens (including phenoxy) is 1. The van der Waals surface area contributed by atoms with Crippen LogP contribution in [0.1, 0.15) is 16.8 Å². The van der Waals surface area contributed by atoms with E-state index >= 15 is 0 Å². The molecule has 1 heterocycles. The number of nitro benzene ring substituents is 1. The molecule has 19 heavy (non-hydrogen) atoms. The zero-order chi connectivity index (χ0) is 14.0. The predicted molar refractivity (Wildman–Crippen MR) is 64.9 cm³/mol. The maximum Gasteiger partial charge on any atom is 0.328 e. The van der Waals surface area contributed by atoms with Crippen molar-refractivity contribution < 1.29 is 19.2 Å². The third-order valence-electron chi connectivity index (χ3n) is 2.64. The number of benzene rings is 1. The Bertz CT molecular complexity index is 560. The van der Waals surface area contributed by atoms with E-state index in [2.05, 4.69) is 5.32 Å². The van der Waals surface area contributed by atoms with Gasteiger partial charge >= 0.3 is 5.97 Å². The zero-order valence-corrected chi connectivity index (χ0v) is 10.3. The Morgan fingerprint density at radius 1 is 1.53 bits per heavy atom. The molecule has 0 radical (unpaired) electrons. The molecule has 100 valence electrons. The first-order valence-corrected chi connectivity index (χ1v) is 5.78. The number of carbonyl (C=O) groups excluding carboxylic acids is 2. The largest absolute Gasteiger partial charge is 0.464 e. The van der Waals surface area contributed by atoms with Gasteiger partial charge in [0.05, 0.1) is 11.5 Å². The lowest BCUT2D eigenvalue weighted by atomic mass is 10.1. The third kappa shape index (κ3) is 2.82. The van der Waals surface area contributed by atoms with E-state index in [9.17, 15) is 19.7 Å². The SMILES string of the molecule is O=C(NC1CCOC1=O)c1cc(Cl)ccc1[N+](=O)[O-]. The molecular weight excluding hydrogens is 276 g/mol. The van der Waals surface area contributed by atoms with Crippen molar-refractivity contribution in [2.75, 3.05) is 6.61 Å². The van der Waals surface area contributed by atoms with Crippen LogP contribution in [0.5, 0.6) is 0 Å². The van der Waals surface area contributed by atoms with Crippen molar-refractivity contribution in [3.8, 4) is 0 Å². The molecule has 0 bridgehead atoms. The summed E-state index contributed by atoms with van der Waals surface area (Å²) in [5.41, 5.74) is -0.550. The Morgan fingerprint density at radius 2 is 2.26 bits per heavy atom. The van der Waals surface area contributed by atoms with E-state index in [-0.39, 0.29) is 22.9 Å². The normalized spacial score (nSPS) is 17.9. The number of halogens is 1. The minimum absolute atomic E-state index is 0.183. The van der Waals surface area contributed by atoms with Crippen LogP contribution < -0.4 is 5.32 Å². The van der Waals surface area contributed by atoms with Crippen molar-refractivity contribution in [3.63, 3.8) is 0 Å². The van der Waals surface area contributed by atoms with Crippen LogP contribution in [0, 0.1) is 10.1 Å². The van der Waals surface area contributed by atoms with Gasteiger partial charge in [0.1, 0.15) is 11.6 Å². The molecule has 1 aromatic rings. The van der Waals surface area contributed by atoms with Crippen molar-refractivity contribution in [1.82, 2.24) is 5.32 Å². The van der Waals surface area contributed by atoms with Crippen molar-refractivity contribution >= 4 is 29.2 Å². The van der Waals surface area contributed by atoms with Crippen LogP contribution in [0.4, 0.5) is 5.69 Å². The molecule has 1 aliphatic heterocycles. The van der Waals surface area contributed by atoms with E-state index in [0.29, 0.717) is 6.42 Å². The molecule has 1 saturated heterocycles. The lowest BCUT2D eigenvalue weighted by Gasteiger charge is -2.09. The second-order valence-corrected chi connectivity index (χ2v) is 4.34. The van der Waals surface area contributed by atoms with Crippen LogP contribution >= 0.6 is 11.6 Å². The van der Waals surface area contributed by atoms with Gasteiger partial charge in [0.15, 0.2) is 0 Å². The molecular formula is C11H9ClN2O5. The Balaban J connectivity index is 2.25. The Kier molecular flexibility index (Phi) is 3.66. The van der Waals surface area contributed by atoms with Crippen LogP contribution in [0.2, 0.25) is 5.02 Å². The summed E-state index contributed by atoms with van der Waals surface area (Å²) in [4.78, 5) is 33.3. The first-order valence-electron chi connectivity index (χ1n) is 5.40. The second-order valence-electron chi connectivity index (χ2n) is 3.90. The van der Waals surface area contributed by atoms with Gasteiger partial charge in [0.2, 0.25) is 0 Å². The summed E-state index contributed by atoms with van der Waals surface area (Å²) in [7, 11) is 0. The molecule has 1 fully saturated rings. The minimum atomic E-state index is -0.772. The number of carbonyl (C=O) groups is 2. The highest BCUT2D eigenvalue weighted by Gasteiger charge is 2.30. The lowest BCUT2D eigenvalue weighted by Crippen LogP contribution is -2.38. The first-order chi connectivity index (χ1) is 8.99. The molecule has 1 atom stereocenters. The molecule has 1 aromatic carbocycles. The average molecular weight is 285 g/mol. The molecule has 0 spiro atoms. The number of amides is 1. The van der Waals surface area contributed by atoms with Crippen LogP contribution in [-0.4, -0.2) is 29.4 Å². The van der Waals surface area contributed by atoms with Crippen LogP contribution in [0.15, 0.2) is 18.2 Å². The molecule has 0 saturated carbocycles. The predicted octanol–water partition coefficient (Wildman–Crippen LogP) is 1.29. The summed E-state index contributed by atoms with van der Waals surface area (Å²) in [6.07, 6.45) is 0.346. The summed E-state index contributed by atoms with van der Waals surface area (Å²) in [6, 6.07) is 2.88.